The van der Waals surface area contributed by atoms with Gasteiger partial charge in [-0.2, -0.15) is 0 Å². The highest BCUT2D eigenvalue weighted by Gasteiger charge is 2.45. The summed E-state index contributed by atoms with van der Waals surface area (Å²) >= 11 is 3.45. The maximum atomic E-state index is 12.9. The highest BCUT2D eigenvalue weighted by atomic mass is 79.9. The first kappa shape index (κ1) is 18.5. The minimum Gasteiger partial charge on any atom is -0.325 e. The van der Waals surface area contributed by atoms with E-state index >= 15 is 0 Å². The number of carbonyl (C=O) groups excluding carboxylic acids is 1. The Kier molecular flexibility index (Phi) is 5.27. The largest absolute Gasteiger partial charge is 0.325 e. The van der Waals surface area contributed by atoms with Crippen LogP contribution in [0.4, 0.5) is 5.69 Å². The monoisotopic (exact) mass is 380 g/mol. The van der Waals surface area contributed by atoms with Gasteiger partial charge in [0, 0.05) is 22.2 Å². The molecular weight excluding hydrogens is 352 g/mol. The van der Waals surface area contributed by atoms with Crippen molar-refractivity contribution in [2.45, 2.75) is 59.5 Å². The van der Waals surface area contributed by atoms with Crippen molar-refractivity contribution in [2.24, 2.45) is 11.3 Å². The van der Waals surface area contributed by atoms with E-state index in [4.69, 9.17) is 0 Å². The number of carbonyl (C=O) groups is 1. The second-order valence-corrected chi connectivity index (χ2v) is 9.55. The molecular formula is C19H29BrN2O. The Morgan fingerprint density at radius 3 is 2.39 bits per heavy atom. The van der Waals surface area contributed by atoms with Crippen LogP contribution in [-0.4, -0.2) is 28.9 Å². The first-order valence-corrected chi connectivity index (χ1v) is 9.11. The molecule has 0 saturated carbocycles. The molecule has 1 unspecified atom stereocenters. The zero-order chi connectivity index (χ0) is 17.4. The summed E-state index contributed by atoms with van der Waals surface area (Å²) in [4.78, 5) is 15.2. The van der Waals surface area contributed by atoms with Gasteiger partial charge in [-0.1, -0.05) is 42.8 Å². The van der Waals surface area contributed by atoms with E-state index in [9.17, 15) is 4.79 Å². The highest BCUT2D eigenvalue weighted by Crippen LogP contribution is 2.40. The van der Waals surface area contributed by atoms with Crippen molar-refractivity contribution >= 4 is 27.5 Å². The summed E-state index contributed by atoms with van der Waals surface area (Å²) in [5, 5.41) is 3.09. The molecule has 0 bridgehead atoms. The number of amides is 1. The Hall–Kier alpha value is -0.870. The number of hydrogen-bond donors (Lipinski definition) is 1. The molecule has 1 fully saturated rings. The van der Waals surface area contributed by atoms with Crippen molar-refractivity contribution in [3.05, 3.63) is 28.7 Å². The van der Waals surface area contributed by atoms with Crippen molar-refractivity contribution in [1.82, 2.24) is 4.90 Å². The Morgan fingerprint density at radius 1 is 1.22 bits per heavy atom. The molecule has 23 heavy (non-hydrogen) atoms. The summed E-state index contributed by atoms with van der Waals surface area (Å²) in [6.07, 6.45) is 0.917. The molecule has 2 rings (SSSR count). The van der Waals surface area contributed by atoms with Crippen LogP contribution in [0.1, 0.15) is 48.0 Å². The molecule has 1 aliphatic rings. The van der Waals surface area contributed by atoms with Gasteiger partial charge in [-0.05, 0) is 56.7 Å². The van der Waals surface area contributed by atoms with Crippen LogP contribution < -0.4 is 5.32 Å². The predicted octanol–water partition coefficient (Wildman–Crippen LogP) is 4.92. The molecule has 128 valence electrons. The predicted molar refractivity (Wildman–Crippen MR) is 101 cm³/mol. The first-order valence-electron chi connectivity index (χ1n) is 8.31. The fourth-order valence-electron chi connectivity index (χ4n) is 3.25. The smallest absolute Gasteiger partial charge is 0.241 e. The van der Waals surface area contributed by atoms with Gasteiger partial charge in [0.2, 0.25) is 5.91 Å². The maximum Gasteiger partial charge on any atom is 0.241 e. The van der Waals surface area contributed by atoms with Crippen molar-refractivity contribution in [2.75, 3.05) is 11.9 Å². The van der Waals surface area contributed by atoms with Gasteiger partial charge in [0.25, 0.3) is 0 Å². The Balaban J connectivity index is 2.19. The van der Waals surface area contributed by atoms with Crippen molar-refractivity contribution in [1.29, 1.82) is 0 Å². The zero-order valence-corrected chi connectivity index (χ0v) is 16.7. The SMILES string of the molecule is CC(C)(C)C1C[C@@H](C(=O)Nc2cccc(Br)c2)N(C(C)(C)C)C1. The van der Waals surface area contributed by atoms with Gasteiger partial charge >= 0.3 is 0 Å². The first-order chi connectivity index (χ1) is 10.5. The third kappa shape index (κ3) is 4.57. The summed E-state index contributed by atoms with van der Waals surface area (Å²) in [5.41, 5.74) is 1.05. The molecule has 1 N–H and O–H groups in total. The minimum absolute atomic E-state index is 0.0146. The number of benzene rings is 1. The number of nitrogens with zero attached hydrogens (tertiary/aromatic N) is 1. The van der Waals surface area contributed by atoms with Gasteiger partial charge < -0.3 is 5.32 Å². The summed E-state index contributed by atoms with van der Waals surface area (Å²) in [5.74, 6) is 0.629. The highest BCUT2D eigenvalue weighted by molar-refractivity contribution is 9.10. The third-order valence-electron chi connectivity index (χ3n) is 4.78. The molecule has 1 amide bonds. The molecule has 0 aromatic heterocycles. The molecule has 2 atom stereocenters. The Morgan fingerprint density at radius 2 is 1.87 bits per heavy atom. The zero-order valence-electron chi connectivity index (χ0n) is 15.1. The van der Waals surface area contributed by atoms with Crippen LogP contribution in [0.3, 0.4) is 0 Å². The van der Waals surface area contributed by atoms with Gasteiger partial charge in [-0.3, -0.25) is 9.69 Å². The van der Waals surface area contributed by atoms with Crippen molar-refractivity contribution < 1.29 is 4.79 Å². The fourth-order valence-corrected chi connectivity index (χ4v) is 3.64. The molecule has 0 aliphatic carbocycles. The lowest BCUT2D eigenvalue weighted by atomic mass is 9.79. The lowest BCUT2D eigenvalue weighted by molar-refractivity contribution is -0.121. The summed E-state index contributed by atoms with van der Waals surface area (Å²) in [6, 6.07) is 7.70. The van der Waals surface area contributed by atoms with Crippen molar-refractivity contribution in [3.8, 4) is 0 Å². The average Bonchev–Trinajstić information content (AvgIpc) is 2.83. The summed E-state index contributed by atoms with van der Waals surface area (Å²) < 4.78 is 0.974. The number of likely N-dealkylation sites (tertiary alicyclic amines) is 1. The van der Waals surface area contributed by atoms with Crippen LogP contribution in [-0.2, 0) is 4.79 Å². The number of anilines is 1. The lowest BCUT2D eigenvalue weighted by Crippen LogP contribution is -2.49. The molecule has 1 aromatic carbocycles. The van der Waals surface area contributed by atoms with Crippen LogP contribution in [0.5, 0.6) is 0 Å². The van der Waals surface area contributed by atoms with E-state index in [1.54, 1.807) is 0 Å². The van der Waals surface area contributed by atoms with E-state index in [1.165, 1.54) is 0 Å². The van der Waals surface area contributed by atoms with Gasteiger partial charge in [0.15, 0.2) is 0 Å². The molecule has 0 spiro atoms. The summed E-state index contributed by atoms with van der Waals surface area (Å²) in [7, 11) is 0. The van der Waals surface area contributed by atoms with E-state index in [-0.39, 0.29) is 22.9 Å². The second kappa shape index (κ2) is 6.56. The molecule has 1 aromatic rings. The lowest BCUT2D eigenvalue weighted by Gasteiger charge is -2.36. The molecule has 1 aliphatic heterocycles. The Labute approximate surface area is 149 Å². The van der Waals surface area contributed by atoms with Gasteiger partial charge in [-0.25, -0.2) is 0 Å². The van der Waals surface area contributed by atoms with E-state index in [1.807, 2.05) is 24.3 Å². The normalized spacial score (nSPS) is 23.1. The average molecular weight is 381 g/mol. The van der Waals surface area contributed by atoms with Crippen LogP contribution in [0.25, 0.3) is 0 Å². The number of hydrogen-bond acceptors (Lipinski definition) is 2. The Bertz CT molecular complexity index is 571. The van der Waals surface area contributed by atoms with Gasteiger partial charge in [-0.15, -0.1) is 0 Å². The standard InChI is InChI=1S/C19H29BrN2O/c1-18(2,3)13-10-16(22(12-13)19(4,5)6)17(23)21-15-9-7-8-14(20)11-15/h7-9,11,13,16H,10,12H2,1-6H3,(H,21,23)/t13?,16-/m0/s1. The van der Waals surface area contributed by atoms with Gasteiger partial charge in [0.05, 0.1) is 6.04 Å². The fraction of sp³-hybridized carbons (Fsp3) is 0.632. The van der Waals surface area contributed by atoms with Gasteiger partial charge in [0.1, 0.15) is 0 Å². The van der Waals surface area contributed by atoms with Crippen LogP contribution in [0.2, 0.25) is 0 Å². The topological polar surface area (TPSA) is 32.3 Å². The maximum absolute atomic E-state index is 12.9. The van der Waals surface area contributed by atoms with Crippen LogP contribution in [0.15, 0.2) is 28.7 Å². The van der Waals surface area contributed by atoms with Crippen LogP contribution >= 0.6 is 15.9 Å². The molecule has 4 heteroatoms. The molecule has 1 heterocycles. The van der Waals surface area contributed by atoms with E-state index in [0.717, 1.165) is 23.1 Å². The minimum atomic E-state index is -0.0711. The quantitative estimate of drug-likeness (QED) is 0.789. The third-order valence-corrected chi connectivity index (χ3v) is 5.28. The van der Waals surface area contributed by atoms with E-state index < -0.39 is 0 Å². The molecule has 1 saturated heterocycles. The number of nitrogens with one attached hydrogen (secondary N) is 1. The van der Waals surface area contributed by atoms with E-state index in [0.29, 0.717) is 5.92 Å². The summed E-state index contributed by atoms with van der Waals surface area (Å²) in [6.45, 7) is 14.4. The number of rotatable bonds is 2. The van der Waals surface area contributed by atoms with Crippen LogP contribution in [0, 0.1) is 11.3 Å². The molecule has 3 nitrogen and oxygen atoms in total. The van der Waals surface area contributed by atoms with E-state index in [2.05, 4.69) is 67.7 Å². The molecule has 0 radical (unpaired) electrons. The van der Waals surface area contributed by atoms with Crippen molar-refractivity contribution in [3.63, 3.8) is 0 Å². The second-order valence-electron chi connectivity index (χ2n) is 8.64. The number of halogens is 1.